The van der Waals surface area contributed by atoms with Crippen LogP contribution in [0.3, 0.4) is 0 Å². The quantitative estimate of drug-likeness (QED) is 0.817. The van der Waals surface area contributed by atoms with E-state index >= 15 is 0 Å². The molecule has 0 fully saturated rings. The van der Waals surface area contributed by atoms with Gasteiger partial charge in [-0.25, -0.2) is 0 Å². The number of carbonyl (C=O) groups is 1. The number of hydrogen-bond donors (Lipinski definition) is 2. The summed E-state index contributed by atoms with van der Waals surface area (Å²) in [7, 11) is 0. The fourth-order valence-electron chi connectivity index (χ4n) is 1.55. The largest absolute Gasteiger partial charge is 0.481 e. The average Bonchev–Trinajstić information content (AvgIpc) is 2.29. The first-order valence-corrected chi connectivity index (χ1v) is 5.56. The van der Waals surface area contributed by atoms with Gasteiger partial charge in [0.05, 0.1) is 17.6 Å². The molecule has 0 saturated heterocycles. The van der Waals surface area contributed by atoms with E-state index in [9.17, 15) is 4.79 Å². The van der Waals surface area contributed by atoms with E-state index in [1.807, 2.05) is 19.9 Å². The van der Waals surface area contributed by atoms with E-state index < -0.39 is 5.97 Å². The Morgan fingerprint density at radius 1 is 1.59 bits per heavy atom. The predicted molar refractivity (Wildman–Crippen MR) is 65.8 cm³/mol. The van der Waals surface area contributed by atoms with Gasteiger partial charge in [0.15, 0.2) is 0 Å². The van der Waals surface area contributed by atoms with E-state index in [2.05, 4.69) is 11.4 Å². The molecule has 0 spiro atoms. The molecule has 0 aliphatic rings. The number of anilines is 1. The first kappa shape index (κ1) is 13.0. The lowest BCUT2D eigenvalue weighted by atomic mass is 10.1. The van der Waals surface area contributed by atoms with Crippen molar-refractivity contribution in [3.8, 4) is 6.07 Å². The topological polar surface area (TPSA) is 73.1 Å². The molecule has 0 radical (unpaired) electrons. The molecular formula is C13H16N2O2. The highest BCUT2D eigenvalue weighted by Gasteiger charge is 2.14. The number of carboxylic acids is 1. The highest BCUT2D eigenvalue weighted by molar-refractivity contribution is 5.70. The molecule has 1 aromatic rings. The van der Waals surface area contributed by atoms with E-state index in [0.29, 0.717) is 18.5 Å². The normalized spacial score (nSPS) is 11.6. The zero-order valence-electron chi connectivity index (χ0n) is 10.0. The van der Waals surface area contributed by atoms with Crippen LogP contribution < -0.4 is 5.32 Å². The van der Waals surface area contributed by atoms with Crippen LogP contribution in [0.25, 0.3) is 0 Å². The Kier molecular flexibility index (Phi) is 4.53. The molecule has 0 heterocycles. The summed E-state index contributed by atoms with van der Waals surface area (Å²) in [5.41, 5.74) is 2.38. The highest BCUT2D eigenvalue weighted by atomic mass is 16.4. The van der Waals surface area contributed by atoms with Gasteiger partial charge in [-0.3, -0.25) is 4.79 Å². The monoisotopic (exact) mass is 232 g/mol. The third kappa shape index (κ3) is 3.49. The molecule has 1 rings (SSSR count). The fraction of sp³-hybridized carbons (Fsp3) is 0.385. The van der Waals surface area contributed by atoms with Crippen LogP contribution in [0.5, 0.6) is 0 Å². The molecule has 0 bridgehead atoms. The van der Waals surface area contributed by atoms with Crippen molar-refractivity contribution in [3.05, 3.63) is 29.3 Å². The number of rotatable bonds is 5. The van der Waals surface area contributed by atoms with Gasteiger partial charge in [0.2, 0.25) is 0 Å². The molecule has 90 valence electrons. The molecule has 17 heavy (non-hydrogen) atoms. The third-order valence-corrected chi connectivity index (χ3v) is 2.74. The molecule has 0 aliphatic heterocycles. The number of carboxylic acid groups (broad SMARTS) is 1. The lowest BCUT2D eigenvalue weighted by Gasteiger charge is -2.12. The molecule has 0 aliphatic carbocycles. The number of hydrogen-bond acceptors (Lipinski definition) is 3. The Morgan fingerprint density at radius 3 is 2.76 bits per heavy atom. The van der Waals surface area contributed by atoms with Crippen LogP contribution in [0.1, 0.15) is 24.5 Å². The molecule has 2 N–H and O–H groups in total. The second-order valence-electron chi connectivity index (χ2n) is 3.97. The first-order valence-electron chi connectivity index (χ1n) is 5.56. The summed E-state index contributed by atoms with van der Waals surface area (Å²) in [6.45, 7) is 4.11. The van der Waals surface area contributed by atoms with Crippen LogP contribution >= 0.6 is 0 Å². The summed E-state index contributed by atoms with van der Waals surface area (Å²) in [5, 5.41) is 20.8. The predicted octanol–water partition coefficient (Wildman–Crippen LogP) is 2.39. The van der Waals surface area contributed by atoms with Gasteiger partial charge in [-0.2, -0.15) is 5.26 Å². The number of aliphatic carboxylic acids is 1. The van der Waals surface area contributed by atoms with Crippen molar-refractivity contribution in [1.29, 1.82) is 5.26 Å². The van der Waals surface area contributed by atoms with Gasteiger partial charge < -0.3 is 10.4 Å². The van der Waals surface area contributed by atoms with Crippen LogP contribution in [-0.4, -0.2) is 17.6 Å². The molecule has 0 amide bonds. The summed E-state index contributed by atoms with van der Waals surface area (Å²) in [4.78, 5) is 10.8. The van der Waals surface area contributed by atoms with Gasteiger partial charge in [0.25, 0.3) is 0 Å². The summed E-state index contributed by atoms with van der Waals surface area (Å²) in [6.07, 6.45) is 0.595. The van der Waals surface area contributed by atoms with Crippen LogP contribution in [0.15, 0.2) is 18.2 Å². The molecule has 1 aromatic carbocycles. The Hall–Kier alpha value is -2.02. The van der Waals surface area contributed by atoms with E-state index in [-0.39, 0.29) is 5.92 Å². The zero-order valence-corrected chi connectivity index (χ0v) is 10.0. The summed E-state index contributed by atoms with van der Waals surface area (Å²) in [5.74, 6) is -1.17. The van der Waals surface area contributed by atoms with Gasteiger partial charge in [-0.1, -0.05) is 6.92 Å². The maximum Gasteiger partial charge on any atom is 0.308 e. The molecule has 4 nitrogen and oxygen atoms in total. The van der Waals surface area contributed by atoms with Gasteiger partial charge in [0.1, 0.15) is 0 Å². The number of nitrogens with one attached hydrogen (secondary N) is 1. The summed E-state index contributed by atoms with van der Waals surface area (Å²) >= 11 is 0. The second kappa shape index (κ2) is 5.90. The number of benzene rings is 1. The lowest BCUT2D eigenvalue weighted by Crippen LogP contribution is -2.22. The molecule has 1 atom stereocenters. The van der Waals surface area contributed by atoms with Crippen LogP contribution in [0.2, 0.25) is 0 Å². The van der Waals surface area contributed by atoms with Crippen molar-refractivity contribution >= 4 is 11.7 Å². The van der Waals surface area contributed by atoms with E-state index in [1.54, 1.807) is 12.1 Å². The van der Waals surface area contributed by atoms with Crippen molar-refractivity contribution in [3.63, 3.8) is 0 Å². The van der Waals surface area contributed by atoms with Crippen molar-refractivity contribution in [2.75, 3.05) is 11.9 Å². The number of nitriles is 1. The van der Waals surface area contributed by atoms with Crippen LogP contribution in [0.4, 0.5) is 5.69 Å². The van der Waals surface area contributed by atoms with E-state index in [4.69, 9.17) is 10.4 Å². The van der Waals surface area contributed by atoms with Gasteiger partial charge in [0, 0.05) is 12.2 Å². The standard InChI is InChI=1S/C13H16N2O2/c1-3-10(13(16)17)8-15-12-5-4-11(7-14)9(2)6-12/h4-6,10,15H,3,8H2,1-2H3,(H,16,17). The molecule has 1 unspecified atom stereocenters. The second-order valence-corrected chi connectivity index (χ2v) is 3.97. The van der Waals surface area contributed by atoms with Crippen molar-refractivity contribution in [2.24, 2.45) is 5.92 Å². The number of aryl methyl sites for hydroxylation is 1. The molecular weight excluding hydrogens is 216 g/mol. The van der Waals surface area contributed by atoms with Gasteiger partial charge in [-0.15, -0.1) is 0 Å². The number of nitrogens with zero attached hydrogens (tertiary/aromatic N) is 1. The maximum atomic E-state index is 10.8. The summed E-state index contributed by atoms with van der Waals surface area (Å²) < 4.78 is 0. The van der Waals surface area contributed by atoms with E-state index in [0.717, 1.165) is 11.3 Å². The Labute approximate surface area is 101 Å². The summed E-state index contributed by atoms with van der Waals surface area (Å²) in [6, 6.07) is 7.48. The maximum absolute atomic E-state index is 10.8. The molecule has 4 heteroatoms. The van der Waals surface area contributed by atoms with Gasteiger partial charge >= 0.3 is 5.97 Å². The Morgan fingerprint density at radius 2 is 2.29 bits per heavy atom. The minimum Gasteiger partial charge on any atom is -0.481 e. The van der Waals surface area contributed by atoms with Crippen LogP contribution in [-0.2, 0) is 4.79 Å². The third-order valence-electron chi connectivity index (χ3n) is 2.74. The van der Waals surface area contributed by atoms with Crippen LogP contribution in [0, 0.1) is 24.2 Å². The highest BCUT2D eigenvalue weighted by Crippen LogP contribution is 2.15. The van der Waals surface area contributed by atoms with Crippen molar-refractivity contribution in [2.45, 2.75) is 20.3 Å². The first-order chi connectivity index (χ1) is 8.08. The minimum atomic E-state index is -0.787. The van der Waals surface area contributed by atoms with E-state index in [1.165, 1.54) is 0 Å². The Bertz CT molecular complexity index is 449. The van der Waals surface area contributed by atoms with Crippen molar-refractivity contribution in [1.82, 2.24) is 0 Å². The zero-order chi connectivity index (χ0) is 12.8. The Balaban J connectivity index is 2.67. The average molecular weight is 232 g/mol. The lowest BCUT2D eigenvalue weighted by molar-refractivity contribution is -0.141. The fourth-order valence-corrected chi connectivity index (χ4v) is 1.55. The smallest absolute Gasteiger partial charge is 0.308 e. The van der Waals surface area contributed by atoms with Crippen molar-refractivity contribution < 1.29 is 9.90 Å². The molecule has 0 aromatic heterocycles. The molecule has 0 saturated carbocycles. The van der Waals surface area contributed by atoms with Gasteiger partial charge in [-0.05, 0) is 37.1 Å². The SMILES string of the molecule is CCC(CNc1ccc(C#N)c(C)c1)C(=O)O. The minimum absolute atomic E-state index is 0.383.